The summed E-state index contributed by atoms with van der Waals surface area (Å²) in [5, 5.41) is 2.27. The molecule has 4 aromatic carbocycles. The van der Waals surface area contributed by atoms with E-state index in [1.807, 2.05) is 12.3 Å². The van der Waals surface area contributed by atoms with Crippen molar-refractivity contribution in [3.05, 3.63) is 139 Å². The minimum Gasteiger partial charge on any atom is -0.509 e. The number of aromatic nitrogens is 2. The van der Waals surface area contributed by atoms with Gasteiger partial charge in [-0.2, -0.15) is 0 Å². The first-order valence-electron chi connectivity index (χ1n) is 18.7. The molecule has 2 aromatic heterocycles. The summed E-state index contributed by atoms with van der Waals surface area (Å²) >= 11 is 0. The first-order chi connectivity index (χ1) is 24.8. The third-order valence-electron chi connectivity index (χ3n) is 10.1. The molecular formula is C48H53N4OPt-3. The van der Waals surface area contributed by atoms with Gasteiger partial charge in [0.05, 0.1) is 5.52 Å². The summed E-state index contributed by atoms with van der Waals surface area (Å²) in [6, 6.07) is 35.5. The third-order valence-corrected chi connectivity index (χ3v) is 10.1. The van der Waals surface area contributed by atoms with E-state index in [4.69, 9.17) is 9.72 Å². The summed E-state index contributed by atoms with van der Waals surface area (Å²) in [6.07, 6.45) is 6.08. The Kier molecular flexibility index (Phi) is 10.2. The molecule has 0 radical (unpaired) electrons. The predicted octanol–water partition coefficient (Wildman–Crippen LogP) is 12.7. The van der Waals surface area contributed by atoms with E-state index >= 15 is 0 Å². The Morgan fingerprint density at radius 2 is 1.06 bits per heavy atom. The van der Waals surface area contributed by atoms with Crippen LogP contribution < -0.4 is 14.5 Å². The van der Waals surface area contributed by atoms with Gasteiger partial charge >= 0.3 is 0 Å². The van der Waals surface area contributed by atoms with Crippen molar-refractivity contribution in [1.82, 2.24) is 9.55 Å². The molecule has 3 heterocycles. The Hall–Kier alpha value is -4.34. The van der Waals surface area contributed by atoms with Gasteiger partial charge in [-0.05, 0) is 75.5 Å². The van der Waals surface area contributed by atoms with Crippen LogP contribution >= 0.6 is 0 Å². The van der Waals surface area contributed by atoms with Crippen LogP contribution in [0.2, 0.25) is 0 Å². The van der Waals surface area contributed by atoms with Gasteiger partial charge in [0.2, 0.25) is 0 Å². The number of hydrogen-bond acceptors (Lipinski definition) is 4. The predicted molar refractivity (Wildman–Crippen MR) is 222 cm³/mol. The van der Waals surface area contributed by atoms with Crippen LogP contribution in [0.3, 0.4) is 0 Å². The molecule has 54 heavy (non-hydrogen) atoms. The van der Waals surface area contributed by atoms with Crippen LogP contribution in [-0.4, -0.2) is 9.55 Å². The van der Waals surface area contributed by atoms with Crippen LogP contribution in [0, 0.1) is 18.8 Å². The van der Waals surface area contributed by atoms with Crippen LogP contribution in [0.15, 0.2) is 97.5 Å². The van der Waals surface area contributed by atoms with Crippen LogP contribution in [0.5, 0.6) is 11.5 Å². The quantitative estimate of drug-likeness (QED) is 0.161. The number of benzene rings is 4. The molecule has 6 heteroatoms. The molecule has 0 saturated heterocycles. The zero-order valence-electron chi connectivity index (χ0n) is 33.8. The molecule has 0 unspecified atom stereocenters. The summed E-state index contributed by atoms with van der Waals surface area (Å²) in [4.78, 5) is 9.17. The number of pyridine rings is 1. The van der Waals surface area contributed by atoms with E-state index in [0.29, 0.717) is 11.5 Å². The van der Waals surface area contributed by atoms with Crippen molar-refractivity contribution >= 4 is 33.3 Å². The number of rotatable bonds is 5. The maximum absolute atomic E-state index is 6.81. The number of anilines is 2. The molecule has 0 N–H and O–H groups in total. The molecule has 0 aliphatic carbocycles. The second kappa shape index (κ2) is 14.1. The molecule has 6 aromatic rings. The molecule has 0 atom stereocenters. The molecule has 284 valence electrons. The number of fused-ring (bicyclic) bond motifs is 3. The van der Waals surface area contributed by atoms with E-state index in [-0.39, 0.29) is 42.7 Å². The van der Waals surface area contributed by atoms with Gasteiger partial charge in [0, 0.05) is 55.2 Å². The van der Waals surface area contributed by atoms with Crippen molar-refractivity contribution < 1.29 is 25.8 Å². The van der Waals surface area contributed by atoms with Crippen LogP contribution in [0.1, 0.15) is 105 Å². The average molecular weight is 897 g/mol. The maximum Gasteiger partial charge on any atom is 0.143 e. The van der Waals surface area contributed by atoms with E-state index in [1.165, 1.54) is 11.1 Å². The minimum absolute atomic E-state index is 0. The summed E-state index contributed by atoms with van der Waals surface area (Å²) in [5.41, 5.74) is 9.68. The average Bonchev–Trinajstić information content (AvgIpc) is 3.70. The minimum atomic E-state index is -0.133. The smallest absolute Gasteiger partial charge is 0.143 e. The maximum atomic E-state index is 6.81. The van der Waals surface area contributed by atoms with Gasteiger partial charge in [0.25, 0.3) is 0 Å². The SMILES string of the molecule is CC(C)(C)c1cc(Oc2[c-]c(-n3c4ccccc4c4cccnc43)cc(C(C)(C)C)c2)[c-]c(N2C=CN(c3cc(C(C)(C)C)cc(C(C)(C)C)c3)[CH-]2)c1.[Pt]. The van der Waals surface area contributed by atoms with E-state index in [0.717, 1.165) is 50.1 Å². The number of nitrogens with zero attached hydrogens (tertiary/aromatic N) is 4. The molecule has 0 amide bonds. The standard InChI is InChI=1S/C48H53N4O.Pt/c1-45(2,3)32-22-33(46(4,5)6)24-36(23-32)50-20-21-51(31-50)37-25-34(47(7,8)9)27-39(29-37)53-40-28-35(48(10,11)12)26-38(30-40)52-43-18-14-13-16-41(43)42-17-15-19-49-44(42)52;/h13-28,31H,1-12H3;/q-3;. The summed E-state index contributed by atoms with van der Waals surface area (Å²) in [5.74, 6) is 1.28. The van der Waals surface area contributed by atoms with Gasteiger partial charge in [-0.25, -0.2) is 4.98 Å². The van der Waals surface area contributed by atoms with E-state index < -0.39 is 0 Å². The van der Waals surface area contributed by atoms with Crippen molar-refractivity contribution in [3.8, 4) is 17.2 Å². The largest absolute Gasteiger partial charge is 0.509 e. The molecular weight excluding hydrogens is 844 g/mol. The molecule has 1 aliphatic heterocycles. The Bertz CT molecular complexity index is 2270. The van der Waals surface area contributed by atoms with Gasteiger partial charge in [-0.1, -0.05) is 113 Å². The second-order valence-corrected chi connectivity index (χ2v) is 18.6. The normalized spacial score (nSPS) is 13.9. The molecule has 0 bridgehead atoms. The molecule has 1 aliphatic rings. The van der Waals surface area contributed by atoms with Crippen molar-refractivity contribution in [3.63, 3.8) is 0 Å². The summed E-state index contributed by atoms with van der Waals surface area (Å²) in [7, 11) is 0. The summed E-state index contributed by atoms with van der Waals surface area (Å²) in [6.45, 7) is 29.2. The Morgan fingerprint density at radius 1 is 0.556 bits per heavy atom. The topological polar surface area (TPSA) is 33.5 Å². The molecule has 0 spiro atoms. The zero-order valence-corrected chi connectivity index (χ0v) is 36.1. The fraction of sp³-hybridized carbons (Fsp3) is 0.333. The van der Waals surface area contributed by atoms with Gasteiger partial charge in [-0.3, -0.25) is 0 Å². The fourth-order valence-electron chi connectivity index (χ4n) is 6.73. The number of ether oxygens (including phenoxy) is 1. The van der Waals surface area contributed by atoms with E-state index in [1.54, 1.807) is 0 Å². The number of para-hydroxylation sites is 1. The first-order valence-corrected chi connectivity index (χ1v) is 18.7. The second-order valence-electron chi connectivity index (χ2n) is 18.6. The Labute approximate surface area is 337 Å². The van der Waals surface area contributed by atoms with Crippen LogP contribution in [0.25, 0.3) is 27.6 Å². The fourth-order valence-corrected chi connectivity index (χ4v) is 6.73. The van der Waals surface area contributed by atoms with Gasteiger partial charge < -0.3 is 19.1 Å². The Balaban J connectivity index is 0.00000497. The number of hydrogen-bond donors (Lipinski definition) is 0. The van der Waals surface area contributed by atoms with Crippen molar-refractivity contribution in [2.75, 3.05) is 9.80 Å². The van der Waals surface area contributed by atoms with Crippen molar-refractivity contribution in [2.24, 2.45) is 0 Å². The van der Waals surface area contributed by atoms with Gasteiger partial charge in [0.15, 0.2) is 0 Å². The van der Waals surface area contributed by atoms with Crippen LogP contribution in [0.4, 0.5) is 11.4 Å². The van der Waals surface area contributed by atoms with E-state index in [9.17, 15) is 0 Å². The first kappa shape index (κ1) is 39.4. The Morgan fingerprint density at radius 3 is 1.65 bits per heavy atom. The molecule has 7 rings (SSSR count). The van der Waals surface area contributed by atoms with Crippen molar-refractivity contribution in [2.45, 2.75) is 105 Å². The van der Waals surface area contributed by atoms with Crippen LogP contribution in [-0.2, 0) is 42.7 Å². The molecule has 0 saturated carbocycles. The van der Waals surface area contributed by atoms with E-state index in [2.05, 4.69) is 201 Å². The van der Waals surface area contributed by atoms with Crippen molar-refractivity contribution in [1.29, 1.82) is 0 Å². The zero-order chi connectivity index (χ0) is 38.1. The summed E-state index contributed by atoms with van der Waals surface area (Å²) < 4.78 is 9.01. The van der Waals surface area contributed by atoms with Gasteiger partial charge in [0.1, 0.15) is 5.65 Å². The monoisotopic (exact) mass is 896 g/mol. The molecule has 0 fully saturated rings. The third kappa shape index (κ3) is 7.89. The van der Waals surface area contributed by atoms with Gasteiger partial charge in [-0.15, -0.1) is 59.9 Å². The molecule has 5 nitrogen and oxygen atoms in total.